The van der Waals surface area contributed by atoms with Crippen molar-refractivity contribution in [1.29, 1.82) is 0 Å². The Bertz CT molecular complexity index is 896. The molecule has 2 rings (SSSR count). The Hall–Kier alpha value is -2.57. The lowest BCUT2D eigenvalue weighted by Crippen LogP contribution is -2.54. The average molecular weight is 516 g/mol. The first kappa shape index (κ1) is 30.7. The summed E-state index contributed by atoms with van der Waals surface area (Å²) in [7, 11) is 0. The number of carbonyl (C=O) groups excluding carboxylic acids is 3. The number of alkyl carbamates (subject to hydrolysis) is 1. The number of amides is 3. The Labute approximate surface area is 224 Å². The highest BCUT2D eigenvalue weighted by atomic mass is 16.6. The van der Waals surface area contributed by atoms with Crippen LogP contribution in [-0.2, 0) is 14.3 Å². The number of rotatable bonds is 10. The molecule has 1 aromatic rings. The van der Waals surface area contributed by atoms with Crippen LogP contribution < -0.4 is 10.6 Å². The van der Waals surface area contributed by atoms with Crippen LogP contribution in [0.5, 0.6) is 0 Å². The third-order valence-corrected chi connectivity index (χ3v) is 6.77. The number of hydrogen-bond acceptors (Lipinski definition) is 4. The normalized spacial score (nSPS) is 16.1. The second-order valence-corrected chi connectivity index (χ2v) is 11.9. The standard InChI is InChI=1S/C30H49N3O4/c1-9-18-33(28(35)24(19-20(2)3)32-29(36)37-30(6,7)8)26(25-21(4)14-13-15-22(25)5)27(34)31-23-16-11-10-12-17-23/h13-15,20,23-24,26H,9-12,16-19H2,1-8H3,(H,31,34)(H,32,36). The van der Waals surface area contributed by atoms with Crippen LogP contribution >= 0.6 is 0 Å². The van der Waals surface area contributed by atoms with E-state index in [0.29, 0.717) is 19.4 Å². The van der Waals surface area contributed by atoms with Crippen LogP contribution in [0.25, 0.3) is 0 Å². The molecule has 0 bridgehead atoms. The summed E-state index contributed by atoms with van der Waals surface area (Å²) in [6.45, 7) is 15.8. The Balaban J connectivity index is 2.49. The fraction of sp³-hybridized carbons (Fsp3) is 0.700. The third kappa shape index (κ3) is 9.35. The Kier molecular flexibility index (Phi) is 11.5. The first-order valence-electron chi connectivity index (χ1n) is 14.0. The maximum absolute atomic E-state index is 14.2. The molecule has 37 heavy (non-hydrogen) atoms. The molecule has 0 saturated heterocycles. The van der Waals surface area contributed by atoms with Gasteiger partial charge in [-0.1, -0.05) is 58.2 Å². The van der Waals surface area contributed by atoms with Gasteiger partial charge in [-0.2, -0.15) is 0 Å². The van der Waals surface area contributed by atoms with Gasteiger partial charge in [-0.05, 0) is 82.9 Å². The van der Waals surface area contributed by atoms with Crippen molar-refractivity contribution in [2.75, 3.05) is 6.54 Å². The summed E-state index contributed by atoms with van der Waals surface area (Å²) >= 11 is 0. The zero-order chi connectivity index (χ0) is 27.8. The van der Waals surface area contributed by atoms with E-state index < -0.39 is 23.8 Å². The molecule has 0 aromatic heterocycles. The molecule has 1 fully saturated rings. The van der Waals surface area contributed by atoms with Gasteiger partial charge < -0.3 is 20.3 Å². The Morgan fingerprint density at radius 2 is 1.65 bits per heavy atom. The molecule has 0 radical (unpaired) electrons. The van der Waals surface area contributed by atoms with Crippen LogP contribution in [0.4, 0.5) is 4.79 Å². The van der Waals surface area contributed by atoms with Gasteiger partial charge in [0.2, 0.25) is 11.8 Å². The lowest BCUT2D eigenvalue weighted by atomic mass is 9.91. The van der Waals surface area contributed by atoms with Crippen molar-refractivity contribution in [3.05, 3.63) is 34.9 Å². The summed E-state index contributed by atoms with van der Waals surface area (Å²) in [4.78, 5) is 42.5. The molecule has 2 N–H and O–H groups in total. The predicted molar refractivity (Wildman–Crippen MR) is 148 cm³/mol. The van der Waals surface area contributed by atoms with Gasteiger partial charge in [0.1, 0.15) is 17.7 Å². The number of carbonyl (C=O) groups is 3. The lowest BCUT2D eigenvalue weighted by Gasteiger charge is -2.37. The number of hydrogen-bond donors (Lipinski definition) is 2. The van der Waals surface area contributed by atoms with E-state index >= 15 is 0 Å². The van der Waals surface area contributed by atoms with Crippen molar-refractivity contribution in [2.24, 2.45) is 5.92 Å². The van der Waals surface area contributed by atoms with Crippen LogP contribution in [0.1, 0.15) is 109 Å². The summed E-state index contributed by atoms with van der Waals surface area (Å²) in [5.41, 5.74) is 2.12. The lowest BCUT2D eigenvalue weighted by molar-refractivity contribution is -0.143. The van der Waals surface area contributed by atoms with Crippen LogP contribution in [0, 0.1) is 19.8 Å². The van der Waals surface area contributed by atoms with E-state index in [2.05, 4.69) is 10.6 Å². The Morgan fingerprint density at radius 3 is 2.16 bits per heavy atom. The van der Waals surface area contributed by atoms with Gasteiger partial charge in [0.15, 0.2) is 0 Å². The van der Waals surface area contributed by atoms with E-state index in [4.69, 9.17) is 4.74 Å². The van der Waals surface area contributed by atoms with E-state index in [9.17, 15) is 14.4 Å². The van der Waals surface area contributed by atoms with Gasteiger partial charge in [0.25, 0.3) is 0 Å². The molecule has 1 aliphatic rings. The van der Waals surface area contributed by atoms with Crippen molar-refractivity contribution in [1.82, 2.24) is 15.5 Å². The molecule has 1 saturated carbocycles. The fourth-order valence-corrected chi connectivity index (χ4v) is 5.16. The van der Waals surface area contributed by atoms with E-state index in [0.717, 1.165) is 42.4 Å². The smallest absolute Gasteiger partial charge is 0.408 e. The number of nitrogens with one attached hydrogen (secondary N) is 2. The molecule has 2 atom stereocenters. The van der Waals surface area contributed by atoms with Gasteiger partial charge in [-0.25, -0.2) is 4.79 Å². The monoisotopic (exact) mass is 515 g/mol. The minimum Gasteiger partial charge on any atom is -0.444 e. The quantitative estimate of drug-likeness (QED) is 0.402. The van der Waals surface area contributed by atoms with Gasteiger partial charge in [-0.3, -0.25) is 9.59 Å². The van der Waals surface area contributed by atoms with Crippen molar-refractivity contribution in [3.8, 4) is 0 Å². The van der Waals surface area contributed by atoms with Gasteiger partial charge in [0, 0.05) is 12.6 Å². The van der Waals surface area contributed by atoms with Gasteiger partial charge in [-0.15, -0.1) is 0 Å². The average Bonchev–Trinajstić information content (AvgIpc) is 2.78. The van der Waals surface area contributed by atoms with E-state index in [1.807, 2.05) is 52.8 Å². The maximum atomic E-state index is 14.2. The van der Waals surface area contributed by atoms with Crippen LogP contribution in [0.2, 0.25) is 0 Å². The molecule has 0 heterocycles. The molecule has 3 amide bonds. The van der Waals surface area contributed by atoms with Crippen LogP contribution in [-0.4, -0.2) is 47.0 Å². The minimum atomic E-state index is -0.796. The van der Waals surface area contributed by atoms with Crippen molar-refractivity contribution in [3.63, 3.8) is 0 Å². The largest absolute Gasteiger partial charge is 0.444 e. The summed E-state index contributed by atoms with van der Waals surface area (Å²) in [5, 5.41) is 6.09. The molecule has 7 heteroatoms. The summed E-state index contributed by atoms with van der Waals surface area (Å²) in [6.07, 6.45) is 5.83. The number of ether oxygens (including phenoxy) is 1. The molecule has 7 nitrogen and oxygen atoms in total. The van der Waals surface area contributed by atoms with Gasteiger partial charge in [0.05, 0.1) is 0 Å². The molecule has 1 aliphatic carbocycles. The molecular formula is C30H49N3O4. The second-order valence-electron chi connectivity index (χ2n) is 11.9. The number of benzene rings is 1. The SMILES string of the molecule is CCCN(C(=O)C(CC(C)C)NC(=O)OC(C)(C)C)C(C(=O)NC1CCCCC1)c1c(C)cccc1C. The maximum Gasteiger partial charge on any atom is 0.408 e. The van der Waals surface area contributed by atoms with Gasteiger partial charge >= 0.3 is 6.09 Å². The van der Waals surface area contributed by atoms with E-state index in [-0.39, 0.29) is 23.8 Å². The van der Waals surface area contributed by atoms with Crippen molar-refractivity contribution in [2.45, 2.75) is 124 Å². The van der Waals surface area contributed by atoms with E-state index in [1.165, 1.54) is 6.42 Å². The first-order valence-corrected chi connectivity index (χ1v) is 14.0. The molecule has 0 aliphatic heterocycles. The molecule has 1 aromatic carbocycles. The van der Waals surface area contributed by atoms with Crippen LogP contribution in [0.3, 0.4) is 0 Å². The molecule has 0 spiro atoms. The fourth-order valence-electron chi connectivity index (χ4n) is 5.16. The van der Waals surface area contributed by atoms with E-state index in [1.54, 1.807) is 25.7 Å². The first-order chi connectivity index (χ1) is 17.3. The predicted octanol–water partition coefficient (Wildman–Crippen LogP) is 5.97. The van der Waals surface area contributed by atoms with Crippen LogP contribution in [0.15, 0.2) is 18.2 Å². The topological polar surface area (TPSA) is 87.7 Å². The highest BCUT2D eigenvalue weighted by molar-refractivity contribution is 5.92. The third-order valence-electron chi connectivity index (χ3n) is 6.77. The molecule has 2 unspecified atom stereocenters. The molecular weight excluding hydrogens is 466 g/mol. The summed E-state index contributed by atoms with van der Waals surface area (Å²) in [5.74, 6) is -0.249. The Morgan fingerprint density at radius 1 is 1.05 bits per heavy atom. The molecule has 208 valence electrons. The summed E-state index contributed by atoms with van der Waals surface area (Å²) < 4.78 is 5.47. The summed E-state index contributed by atoms with van der Waals surface area (Å²) in [6, 6.07) is 4.51. The second kappa shape index (κ2) is 13.8. The highest BCUT2D eigenvalue weighted by Crippen LogP contribution is 2.30. The number of nitrogens with zero attached hydrogens (tertiary/aromatic N) is 1. The minimum absolute atomic E-state index is 0.123. The zero-order valence-corrected chi connectivity index (χ0v) is 24.3. The highest BCUT2D eigenvalue weighted by Gasteiger charge is 2.38. The van der Waals surface area contributed by atoms with Crippen molar-refractivity contribution < 1.29 is 19.1 Å². The zero-order valence-electron chi connectivity index (χ0n) is 24.3. The number of aryl methyl sites for hydroxylation is 2. The van der Waals surface area contributed by atoms with Crippen molar-refractivity contribution >= 4 is 17.9 Å².